The number of halogens is 4. The number of piperidine rings is 1. The van der Waals surface area contributed by atoms with Crippen LogP contribution in [0.1, 0.15) is 49.2 Å². The number of hydrogen-bond donors (Lipinski definition) is 4. The molecule has 3 fully saturated rings. The van der Waals surface area contributed by atoms with Gasteiger partial charge in [-0.05, 0) is 130 Å². The topological polar surface area (TPSA) is 168 Å². The minimum atomic E-state index is -6.04. The van der Waals surface area contributed by atoms with Gasteiger partial charge in [-0.2, -0.15) is 13.2 Å². The zero-order valence-electron chi connectivity index (χ0n) is 43.2. The molecule has 77 heavy (non-hydrogen) atoms. The van der Waals surface area contributed by atoms with Crippen molar-refractivity contribution in [1.29, 1.82) is 0 Å². The first-order chi connectivity index (χ1) is 36.4. The van der Waals surface area contributed by atoms with Gasteiger partial charge in [-0.1, -0.05) is 54.1 Å². The second-order valence-corrected chi connectivity index (χ2v) is 25.9. The van der Waals surface area contributed by atoms with Crippen LogP contribution in [0, 0.1) is 6.92 Å². The van der Waals surface area contributed by atoms with Crippen molar-refractivity contribution in [3.8, 4) is 22.4 Å². The average molecular weight is 1130 g/mol. The number of hydrogen-bond acceptors (Lipinski definition) is 12. The lowest BCUT2D eigenvalue weighted by Crippen LogP contribution is -2.60. The third kappa shape index (κ3) is 12.6. The number of nitrogens with one attached hydrogen (secondary N) is 2. The number of anilines is 4. The zero-order chi connectivity index (χ0) is 55.1. The highest BCUT2D eigenvalue weighted by molar-refractivity contribution is 7.99. The zero-order valence-corrected chi connectivity index (χ0v) is 46.4. The molecule has 0 spiro atoms. The van der Waals surface area contributed by atoms with Gasteiger partial charge in [0.25, 0.3) is 25.8 Å². The molecule has 9 rings (SSSR count). The molecule has 0 saturated carbocycles. The largest absolute Gasteiger partial charge is 0.501 e. The van der Waals surface area contributed by atoms with Gasteiger partial charge >= 0.3 is 5.51 Å². The second kappa shape index (κ2) is 22.2. The number of sulfonamides is 1. The fourth-order valence-electron chi connectivity index (χ4n) is 10.4. The quantitative estimate of drug-likeness (QED) is 0.0640. The van der Waals surface area contributed by atoms with Gasteiger partial charge in [0.2, 0.25) is 0 Å². The van der Waals surface area contributed by atoms with Gasteiger partial charge < -0.3 is 34.8 Å². The molecule has 3 aliphatic rings. The number of benzene rings is 5. The number of carbonyl (C=O) groups excluding carboxylic acids is 1. The Morgan fingerprint density at radius 3 is 2.03 bits per heavy atom. The van der Waals surface area contributed by atoms with Crippen LogP contribution >= 0.6 is 23.4 Å². The van der Waals surface area contributed by atoms with Crippen LogP contribution in [-0.2, 0) is 26.9 Å². The van der Waals surface area contributed by atoms with Crippen LogP contribution in [0.15, 0.2) is 136 Å². The first-order valence-electron chi connectivity index (χ1n) is 25.4. The number of likely N-dealkylation sites (tertiary alicyclic amines) is 2. The predicted molar refractivity (Wildman–Crippen MR) is 299 cm³/mol. The number of nitrogens with zero attached hydrogens (tertiary/aromatic N) is 5. The Labute approximate surface area is 457 Å². The summed E-state index contributed by atoms with van der Waals surface area (Å²) in [6.07, 6.45) is 1.36. The SMILES string of the molecule is Cc1c(C(=O)N2CCC(C)(O)CC2)c(-c2cccc(N3CCN(c4ccc(NS(=O)(=O)c5ccc(N[C@H](CCN6CC(C)(O)C6)CSc6ccccc6)c(S(=O)(=O)C(F)(F)F)c5)cc4)CC3)c2)c(-c2ccc(Cl)cc2)n1C. The van der Waals surface area contributed by atoms with E-state index in [1.807, 2.05) is 96.6 Å². The number of sulfone groups is 1. The summed E-state index contributed by atoms with van der Waals surface area (Å²) in [6.45, 7) is 10.2. The first kappa shape index (κ1) is 56.0. The van der Waals surface area contributed by atoms with Crippen LogP contribution < -0.4 is 19.8 Å². The third-order valence-corrected chi connectivity index (χ3v) is 19.1. The van der Waals surface area contributed by atoms with Crippen LogP contribution in [0.4, 0.5) is 35.9 Å². The standard InChI is InChI=1S/C56H63ClF3N7O7S3/c1-38-50(53(68)67-27-24-54(2,69)25-28-67)51(52(63(38)4)39-13-15-41(57)16-14-39)40-9-8-10-45(33-40)66-31-29-65(30-32-66)44-19-17-42(18-20-44)62-77(73,74)47-21-22-48(49(34-47)76(71,72)56(58,59)60)61-43(23-26-64-36-55(3,70)37-64)35-75-46-11-6-5-7-12-46/h5-22,33-34,43,61-62,69-70H,23-32,35-37H2,1-4H3/t43-/m1/s1. The molecule has 1 aromatic heterocycles. The molecule has 4 N–H and O–H groups in total. The van der Waals surface area contributed by atoms with E-state index < -0.39 is 52.4 Å². The Kier molecular flexibility index (Phi) is 16.1. The number of alkyl halides is 3. The summed E-state index contributed by atoms with van der Waals surface area (Å²) in [5.74, 6) is 0.263. The molecule has 1 amide bonds. The van der Waals surface area contributed by atoms with Crippen molar-refractivity contribution >= 4 is 71.9 Å². The van der Waals surface area contributed by atoms with E-state index in [2.05, 4.69) is 30.5 Å². The summed E-state index contributed by atoms with van der Waals surface area (Å²) >= 11 is 7.76. The van der Waals surface area contributed by atoms with Crippen molar-refractivity contribution in [2.45, 2.75) is 77.5 Å². The Balaban J connectivity index is 0.896. The van der Waals surface area contributed by atoms with Gasteiger partial charge in [-0.25, -0.2) is 16.8 Å². The molecule has 4 heterocycles. The molecule has 410 valence electrons. The Hall–Kier alpha value is -5.74. The fraction of sp³-hybridized carbons (Fsp3) is 0.375. The van der Waals surface area contributed by atoms with Crippen LogP contribution in [0.2, 0.25) is 5.02 Å². The molecule has 0 aliphatic carbocycles. The van der Waals surface area contributed by atoms with Crippen molar-refractivity contribution in [2.75, 3.05) is 84.5 Å². The number of aromatic nitrogens is 1. The minimum absolute atomic E-state index is 0.0841. The monoisotopic (exact) mass is 1130 g/mol. The lowest BCUT2D eigenvalue weighted by Gasteiger charge is -2.44. The van der Waals surface area contributed by atoms with Crippen LogP contribution in [-0.4, -0.2) is 135 Å². The summed E-state index contributed by atoms with van der Waals surface area (Å²) in [6, 6.07) is 33.8. The number of piperazine rings is 1. The number of β-amino-alcohol motifs (C(OH)–C–C–N with tert-alkyl or cyclic N) is 1. The molecule has 6 aromatic rings. The molecule has 3 saturated heterocycles. The lowest BCUT2D eigenvalue weighted by molar-refractivity contribution is -0.0834. The maximum Gasteiger partial charge on any atom is 0.501 e. The van der Waals surface area contributed by atoms with Crippen LogP contribution in [0.25, 0.3) is 22.4 Å². The van der Waals surface area contributed by atoms with E-state index in [1.54, 1.807) is 38.1 Å². The van der Waals surface area contributed by atoms with Gasteiger partial charge in [0, 0.05) is 116 Å². The summed E-state index contributed by atoms with van der Waals surface area (Å²) in [5, 5.41) is 24.5. The number of rotatable bonds is 17. The van der Waals surface area contributed by atoms with Crippen molar-refractivity contribution in [3.63, 3.8) is 0 Å². The van der Waals surface area contributed by atoms with Gasteiger partial charge in [-0.15, -0.1) is 11.8 Å². The van der Waals surface area contributed by atoms with Crippen molar-refractivity contribution in [1.82, 2.24) is 14.4 Å². The van der Waals surface area contributed by atoms with Crippen LogP contribution in [0.3, 0.4) is 0 Å². The lowest BCUT2D eigenvalue weighted by atomic mass is 9.92. The first-order valence-corrected chi connectivity index (χ1v) is 29.8. The third-order valence-electron chi connectivity index (χ3n) is 14.7. The van der Waals surface area contributed by atoms with E-state index in [4.69, 9.17) is 11.6 Å². The maximum absolute atomic E-state index is 14.5. The van der Waals surface area contributed by atoms with E-state index in [-0.39, 0.29) is 17.3 Å². The molecular formula is C56H63ClF3N7O7S3. The summed E-state index contributed by atoms with van der Waals surface area (Å²) in [4.78, 5) is 21.8. The van der Waals surface area contributed by atoms with E-state index in [0.717, 1.165) is 56.5 Å². The van der Waals surface area contributed by atoms with Crippen molar-refractivity contribution < 1.29 is 45.0 Å². The number of thioether (sulfide) groups is 1. The van der Waals surface area contributed by atoms with Gasteiger partial charge in [-0.3, -0.25) is 14.4 Å². The molecule has 0 unspecified atom stereocenters. The van der Waals surface area contributed by atoms with E-state index in [1.165, 1.54) is 11.8 Å². The van der Waals surface area contributed by atoms with Gasteiger partial charge in [0.15, 0.2) is 0 Å². The Bertz CT molecular complexity index is 3320. The molecular weight excluding hydrogens is 1070 g/mol. The van der Waals surface area contributed by atoms with Crippen molar-refractivity contribution in [2.24, 2.45) is 7.05 Å². The van der Waals surface area contributed by atoms with E-state index in [0.29, 0.717) is 101 Å². The molecule has 0 radical (unpaired) electrons. The normalized spacial score (nSPS) is 17.5. The summed E-state index contributed by atoms with van der Waals surface area (Å²) in [5.41, 5.74) is -0.953. The van der Waals surface area contributed by atoms with Crippen molar-refractivity contribution in [3.05, 3.63) is 138 Å². The minimum Gasteiger partial charge on any atom is -0.390 e. The summed E-state index contributed by atoms with van der Waals surface area (Å²) < 4.78 is 101. The van der Waals surface area contributed by atoms with Gasteiger partial charge in [0.1, 0.15) is 4.90 Å². The number of aliphatic hydroxyl groups is 2. The Morgan fingerprint density at radius 1 is 0.766 bits per heavy atom. The predicted octanol–water partition coefficient (Wildman–Crippen LogP) is 9.76. The number of amides is 1. The highest BCUT2D eigenvalue weighted by Crippen LogP contribution is 2.42. The average Bonchev–Trinajstić information content (AvgIpc) is 3.66. The van der Waals surface area contributed by atoms with E-state index in [9.17, 15) is 45.0 Å². The fourth-order valence-corrected chi connectivity index (χ4v) is 13.6. The number of carbonyl (C=O) groups is 1. The van der Waals surface area contributed by atoms with E-state index >= 15 is 0 Å². The molecule has 1 atom stereocenters. The smallest absolute Gasteiger partial charge is 0.390 e. The van der Waals surface area contributed by atoms with Gasteiger partial charge in [0.05, 0.1) is 33.0 Å². The second-order valence-electron chi connectivity index (χ2n) is 20.8. The highest BCUT2D eigenvalue weighted by Gasteiger charge is 2.49. The molecule has 0 bridgehead atoms. The molecule has 14 nitrogen and oxygen atoms in total. The Morgan fingerprint density at radius 2 is 1.40 bits per heavy atom. The maximum atomic E-state index is 14.5. The molecule has 21 heteroatoms. The molecule has 3 aliphatic heterocycles. The highest BCUT2D eigenvalue weighted by atomic mass is 35.5. The summed E-state index contributed by atoms with van der Waals surface area (Å²) in [7, 11) is -8.68. The molecule has 5 aromatic carbocycles. The van der Waals surface area contributed by atoms with Crippen LogP contribution in [0.5, 0.6) is 0 Å².